The first-order valence-corrected chi connectivity index (χ1v) is 7.86. The third-order valence-electron chi connectivity index (χ3n) is 3.03. The quantitative estimate of drug-likeness (QED) is 0.772. The van der Waals surface area contributed by atoms with Crippen molar-refractivity contribution in [3.63, 3.8) is 0 Å². The Morgan fingerprint density at radius 3 is 2.25 bits per heavy atom. The van der Waals surface area contributed by atoms with Crippen LogP contribution in [0.15, 0.2) is 35.4 Å². The van der Waals surface area contributed by atoms with Crippen LogP contribution in [-0.4, -0.2) is 18.2 Å². The van der Waals surface area contributed by atoms with Crippen LogP contribution in [0.3, 0.4) is 0 Å². The number of aryl methyl sites for hydroxylation is 1. The Morgan fingerprint density at radius 1 is 1.21 bits per heavy atom. The maximum Gasteiger partial charge on any atom is 0.416 e. The average Bonchev–Trinajstić information content (AvgIpc) is 2.45. The Bertz CT molecular complexity index is 575. The van der Waals surface area contributed by atoms with Gasteiger partial charge in [-0.2, -0.15) is 13.2 Å². The highest BCUT2D eigenvalue weighted by molar-refractivity contribution is 6.25. The molecule has 0 fully saturated rings. The molecular weight excluding hydrogens is 343 g/mol. The molecule has 0 heterocycles. The van der Waals surface area contributed by atoms with Gasteiger partial charge in [0.05, 0.1) is 5.56 Å². The van der Waals surface area contributed by atoms with Gasteiger partial charge in [0, 0.05) is 12.1 Å². The Morgan fingerprint density at radius 2 is 1.79 bits per heavy atom. The molecule has 134 valence electrons. The fraction of sp³-hybridized carbons (Fsp3) is 0.471. The van der Waals surface area contributed by atoms with Crippen molar-refractivity contribution in [3.8, 4) is 0 Å². The van der Waals surface area contributed by atoms with Crippen molar-refractivity contribution in [1.29, 1.82) is 0 Å². The van der Waals surface area contributed by atoms with Crippen LogP contribution >= 0.6 is 11.6 Å². The largest absolute Gasteiger partial charge is 0.444 e. The van der Waals surface area contributed by atoms with Crippen LogP contribution < -0.4 is 5.32 Å². The zero-order chi connectivity index (χ0) is 18.4. The molecule has 0 bridgehead atoms. The zero-order valence-corrected chi connectivity index (χ0v) is 14.6. The van der Waals surface area contributed by atoms with Gasteiger partial charge < -0.3 is 10.1 Å². The van der Waals surface area contributed by atoms with Crippen LogP contribution in [0.4, 0.5) is 18.0 Å². The van der Waals surface area contributed by atoms with Gasteiger partial charge in [0.15, 0.2) is 0 Å². The van der Waals surface area contributed by atoms with Crippen LogP contribution in [0.2, 0.25) is 0 Å². The van der Waals surface area contributed by atoms with E-state index in [1.54, 1.807) is 20.8 Å². The van der Waals surface area contributed by atoms with E-state index in [9.17, 15) is 18.0 Å². The maximum absolute atomic E-state index is 12.5. The number of carbonyl (C=O) groups excluding carboxylic acids is 1. The number of ether oxygens (including phenoxy) is 1. The van der Waals surface area contributed by atoms with Crippen molar-refractivity contribution in [2.75, 3.05) is 6.54 Å². The molecule has 3 nitrogen and oxygen atoms in total. The van der Waals surface area contributed by atoms with Gasteiger partial charge in [0.1, 0.15) is 5.60 Å². The van der Waals surface area contributed by atoms with Gasteiger partial charge in [-0.05, 0) is 56.9 Å². The van der Waals surface area contributed by atoms with Gasteiger partial charge in [0.2, 0.25) is 0 Å². The molecule has 1 N–H and O–H groups in total. The second-order valence-electron chi connectivity index (χ2n) is 6.32. The first kappa shape index (κ1) is 20.4. The number of carbonyl (C=O) groups is 1. The highest BCUT2D eigenvalue weighted by atomic mass is 35.5. The lowest BCUT2D eigenvalue weighted by Crippen LogP contribution is -2.33. The predicted molar refractivity (Wildman–Crippen MR) is 87.9 cm³/mol. The highest BCUT2D eigenvalue weighted by Gasteiger charge is 2.29. The second-order valence-corrected chi connectivity index (χ2v) is 6.54. The van der Waals surface area contributed by atoms with E-state index in [4.69, 9.17) is 16.3 Å². The monoisotopic (exact) mass is 363 g/mol. The van der Waals surface area contributed by atoms with E-state index in [2.05, 4.69) is 5.32 Å². The van der Waals surface area contributed by atoms with Crippen molar-refractivity contribution in [1.82, 2.24) is 5.32 Å². The predicted octanol–water partition coefficient (Wildman–Crippen LogP) is 5.29. The number of benzene rings is 1. The molecule has 0 aliphatic carbocycles. The molecule has 0 aliphatic rings. The minimum atomic E-state index is -4.34. The Labute approximate surface area is 144 Å². The van der Waals surface area contributed by atoms with E-state index < -0.39 is 23.4 Å². The lowest BCUT2D eigenvalue weighted by Gasteiger charge is -2.20. The Balaban J connectivity index is 2.48. The third kappa shape index (κ3) is 7.73. The summed E-state index contributed by atoms with van der Waals surface area (Å²) in [5.41, 5.74) is 1.61. The molecule has 0 aromatic heterocycles. The van der Waals surface area contributed by atoms with Crippen LogP contribution in [0.5, 0.6) is 0 Å². The number of alkyl carbamates (subject to hydrolysis) is 1. The van der Waals surface area contributed by atoms with Gasteiger partial charge in [-0.25, -0.2) is 4.79 Å². The molecule has 1 aromatic carbocycles. The molecule has 1 aromatic rings. The number of rotatable bonds is 5. The molecule has 0 saturated heterocycles. The molecule has 1 rings (SSSR count). The smallest absolute Gasteiger partial charge is 0.416 e. The Hall–Kier alpha value is -1.69. The summed E-state index contributed by atoms with van der Waals surface area (Å²) >= 11 is 5.73. The standard InChI is InChI=1S/C17H21ClF3NO2/c1-16(2,3)24-15(23)22-11-13(10-18)5-4-12-6-8-14(9-7-12)17(19,20)21/h6-10H,4-5,11H2,1-3H3,(H,22,23). The van der Waals surface area contributed by atoms with E-state index in [1.165, 1.54) is 17.7 Å². The van der Waals surface area contributed by atoms with Crippen molar-refractivity contribution >= 4 is 17.7 Å². The number of nitrogens with one attached hydrogen (secondary N) is 1. The number of hydrogen-bond donors (Lipinski definition) is 1. The second kappa shape index (κ2) is 8.42. The summed E-state index contributed by atoms with van der Waals surface area (Å²) in [6.07, 6.45) is -3.85. The first-order valence-electron chi connectivity index (χ1n) is 7.42. The van der Waals surface area contributed by atoms with Crippen molar-refractivity contribution in [2.45, 2.75) is 45.4 Å². The minimum Gasteiger partial charge on any atom is -0.444 e. The van der Waals surface area contributed by atoms with Gasteiger partial charge in [-0.3, -0.25) is 0 Å². The topological polar surface area (TPSA) is 38.3 Å². The van der Waals surface area contributed by atoms with Crippen LogP contribution in [0.1, 0.15) is 38.3 Å². The number of amides is 1. The average molecular weight is 364 g/mol. The van der Waals surface area contributed by atoms with Gasteiger partial charge in [-0.1, -0.05) is 23.7 Å². The summed E-state index contributed by atoms with van der Waals surface area (Å²) in [6, 6.07) is 4.99. The molecular formula is C17H21ClF3NO2. The minimum absolute atomic E-state index is 0.221. The number of halogens is 4. The summed E-state index contributed by atoms with van der Waals surface area (Å²) in [7, 11) is 0. The summed E-state index contributed by atoms with van der Waals surface area (Å²) in [5, 5.41) is 2.59. The molecule has 0 saturated carbocycles. The summed E-state index contributed by atoms with van der Waals surface area (Å²) < 4.78 is 42.6. The normalized spacial score (nSPS) is 12.9. The molecule has 7 heteroatoms. The van der Waals surface area contributed by atoms with Crippen molar-refractivity contribution in [2.24, 2.45) is 0 Å². The first-order chi connectivity index (χ1) is 11.0. The maximum atomic E-state index is 12.5. The van der Waals surface area contributed by atoms with Crippen LogP contribution in [0, 0.1) is 0 Å². The fourth-order valence-electron chi connectivity index (χ4n) is 1.85. The fourth-order valence-corrected chi connectivity index (χ4v) is 2.03. The van der Waals surface area contributed by atoms with E-state index in [-0.39, 0.29) is 6.54 Å². The highest BCUT2D eigenvalue weighted by Crippen LogP contribution is 2.29. The van der Waals surface area contributed by atoms with Gasteiger partial charge >= 0.3 is 12.3 Å². The molecule has 24 heavy (non-hydrogen) atoms. The van der Waals surface area contributed by atoms with E-state index in [0.717, 1.165) is 23.3 Å². The zero-order valence-electron chi connectivity index (χ0n) is 13.8. The van der Waals surface area contributed by atoms with Crippen LogP contribution in [0.25, 0.3) is 0 Å². The number of hydrogen-bond acceptors (Lipinski definition) is 2. The lowest BCUT2D eigenvalue weighted by molar-refractivity contribution is -0.137. The number of alkyl halides is 3. The lowest BCUT2D eigenvalue weighted by atomic mass is 10.0. The molecule has 0 aliphatic heterocycles. The van der Waals surface area contributed by atoms with Gasteiger partial charge in [-0.15, -0.1) is 0 Å². The third-order valence-corrected chi connectivity index (χ3v) is 3.34. The molecule has 0 radical (unpaired) electrons. The Kier molecular flexibility index (Phi) is 7.14. The summed E-state index contributed by atoms with van der Waals surface area (Å²) in [5.74, 6) is 0. The molecule has 0 unspecified atom stereocenters. The molecule has 0 atom stereocenters. The van der Waals surface area contributed by atoms with Gasteiger partial charge in [0.25, 0.3) is 0 Å². The van der Waals surface area contributed by atoms with E-state index in [1.807, 2.05) is 0 Å². The molecule has 1 amide bonds. The SMILES string of the molecule is CC(C)(C)OC(=O)NCC(=CCl)CCc1ccc(C(F)(F)F)cc1. The van der Waals surface area contributed by atoms with Crippen molar-refractivity contribution < 1.29 is 22.7 Å². The van der Waals surface area contributed by atoms with E-state index in [0.29, 0.717) is 12.8 Å². The summed E-state index contributed by atoms with van der Waals surface area (Å²) in [6.45, 7) is 5.50. The summed E-state index contributed by atoms with van der Waals surface area (Å²) in [4.78, 5) is 11.6. The molecule has 0 spiro atoms. The van der Waals surface area contributed by atoms with Crippen LogP contribution in [-0.2, 0) is 17.3 Å². The van der Waals surface area contributed by atoms with E-state index >= 15 is 0 Å². The van der Waals surface area contributed by atoms with Crippen molar-refractivity contribution in [3.05, 3.63) is 46.5 Å².